The number of hydrazine groups is 1. The van der Waals surface area contributed by atoms with Crippen molar-refractivity contribution in [1.29, 1.82) is 0 Å². The average Bonchev–Trinajstić information content (AvgIpc) is 2.96. The molecule has 0 spiro atoms. The van der Waals surface area contributed by atoms with E-state index in [9.17, 15) is 14.4 Å². The summed E-state index contributed by atoms with van der Waals surface area (Å²) in [6.45, 7) is 0. The molecule has 0 unspecified atom stereocenters. The number of amides is 2. The molecule has 0 aliphatic carbocycles. The summed E-state index contributed by atoms with van der Waals surface area (Å²) in [4.78, 5) is 36.2. The normalized spacial score (nSPS) is 15.2. The fourth-order valence-electron chi connectivity index (χ4n) is 2.47. The number of methoxy groups -OCH3 is 2. The van der Waals surface area contributed by atoms with E-state index in [1.54, 1.807) is 43.5 Å². The molecule has 1 saturated heterocycles. The van der Waals surface area contributed by atoms with E-state index in [0.717, 1.165) is 5.01 Å². The smallest absolute Gasteiger partial charge is 0.337 e. The summed E-state index contributed by atoms with van der Waals surface area (Å²) in [5.74, 6) is -0.769. The monoisotopic (exact) mass is 352 g/mol. The van der Waals surface area contributed by atoms with Crippen molar-refractivity contribution < 1.29 is 23.9 Å². The highest BCUT2D eigenvalue weighted by molar-refractivity contribution is 6.31. The lowest BCUT2D eigenvalue weighted by Gasteiger charge is -2.14. The molecule has 1 aliphatic heterocycles. The second kappa shape index (κ2) is 7.10. The topological polar surface area (TPSA) is 84.9 Å². The molecule has 0 saturated carbocycles. The van der Waals surface area contributed by atoms with Crippen LogP contribution < -0.4 is 15.2 Å². The van der Waals surface area contributed by atoms with Gasteiger partial charge in [-0.1, -0.05) is 12.1 Å². The number of hydrogen-bond donors (Lipinski definition) is 1. The van der Waals surface area contributed by atoms with Crippen molar-refractivity contribution in [2.75, 3.05) is 19.2 Å². The molecular formula is C19H16N2O5. The van der Waals surface area contributed by atoms with Crippen LogP contribution in [0.25, 0.3) is 6.08 Å². The van der Waals surface area contributed by atoms with Gasteiger partial charge >= 0.3 is 5.97 Å². The first-order valence-corrected chi connectivity index (χ1v) is 7.73. The number of rotatable bonds is 4. The van der Waals surface area contributed by atoms with Crippen LogP contribution in [0.5, 0.6) is 5.75 Å². The van der Waals surface area contributed by atoms with Gasteiger partial charge in [-0.15, -0.1) is 0 Å². The minimum atomic E-state index is -0.497. The van der Waals surface area contributed by atoms with Gasteiger partial charge in [-0.05, 0) is 48.0 Å². The van der Waals surface area contributed by atoms with E-state index >= 15 is 0 Å². The van der Waals surface area contributed by atoms with Crippen LogP contribution in [0.4, 0.5) is 5.69 Å². The molecule has 3 rings (SSSR count). The van der Waals surface area contributed by atoms with Crippen molar-refractivity contribution >= 4 is 29.5 Å². The lowest BCUT2D eigenvalue weighted by molar-refractivity contribution is -0.117. The molecule has 0 aromatic heterocycles. The fourth-order valence-corrected chi connectivity index (χ4v) is 2.47. The molecule has 2 aromatic rings. The van der Waals surface area contributed by atoms with Crippen molar-refractivity contribution in [1.82, 2.24) is 5.43 Å². The Bertz CT molecular complexity index is 885. The highest BCUT2D eigenvalue weighted by Crippen LogP contribution is 2.22. The highest BCUT2D eigenvalue weighted by Gasteiger charge is 2.34. The van der Waals surface area contributed by atoms with Gasteiger partial charge < -0.3 is 9.47 Å². The van der Waals surface area contributed by atoms with E-state index < -0.39 is 17.8 Å². The molecule has 7 nitrogen and oxygen atoms in total. The van der Waals surface area contributed by atoms with Gasteiger partial charge in [0, 0.05) is 0 Å². The summed E-state index contributed by atoms with van der Waals surface area (Å²) in [7, 11) is 2.85. The molecule has 1 fully saturated rings. The van der Waals surface area contributed by atoms with Crippen LogP contribution in [0.2, 0.25) is 0 Å². The van der Waals surface area contributed by atoms with Crippen LogP contribution in [0.15, 0.2) is 54.1 Å². The summed E-state index contributed by atoms with van der Waals surface area (Å²) in [6.07, 6.45) is 1.51. The Morgan fingerprint density at radius 2 is 1.65 bits per heavy atom. The molecule has 1 aliphatic rings. The highest BCUT2D eigenvalue weighted by atomic mass is 16.5. The maximum Gasteiger partial charge on any atom is 0.337 e. The van der Waals surface area contributed by atoms with Gasteiger partial charge in [0.05, 0.1) is 25.5 Å². The van der Waals surface area contributed by atoms with Crippen molar-refractivity contribution in [3.8, 4) is 5.75 Å². The minimum absolute atomic E-state index is 0.0206. The lowest BCUT2D eigenvalue weighted by atomic mass is 10.1. The molecule has 1 heterocycles. The zero-order chi connectivity index (χ0) is 18.7. The first-order valence-electron chi connectivity index (χ1n) is 7.73. The molecule has 26 heavy (non-hydrogen) atoms. The molecule has 2 aromatic carbocycles. The van der Waals surface area contributed by atoms with Crippen molar-refractivity contribution in [3.63, 3.8) is 0 Å². The van der Waals surface area contributed by atoms with E-state index in [2.05, 4.69) is 10.2 Å². The Hall–Kier alpha value is -3.61. The number of carbonyl (C=O) groups is 3. The molecule has 7 heteroatoms. The van der Waals surface area contributed by atoms with Crippen LogP contribution in [0, 0.1) is 0 Å². The first-order chi connectivity index (χ1) is 12.5. The lowest BCUT2D eigenvalue weighted by Crippen LogP contribution is -2.35. The van der Waals surface area contributed by atoms with Gasteiger partial charge in [0.1, 0.15) is 11.3 Å². The van der Waals surface area contributed by atoms with Gasteiger partial charge in [-0.25, -0.2) is 9.80 Å². The SMILES string of the molecule is COC(=O)c1ccc(N2NC(=O)/C(=C\c3ccc(OC)cc3)C2=O)cc1. The number of ether oxygens (including phenoxy) is 2. The Kier molecular flexibility index (Phi) is 4.70. The number of carbonyl (C=O) groups excluding carboxylic acids is 3. The Balaban J connectivity index is 1.84. The van der Waals surface area contributed by atoms with Gasteiger partial charge in [-0.3, -0.25) is 15.0 Å². The third-order valence-electron chi connectivity index (χ3n) is 3.86. The maximum atomic E-state index is 12.6. The Labute approximate surface area is 149 Å². The molecule has 0 radical (unpaired) electrons. The van der Waals surface area contributed by atoms with E-state index in [-0.39, 0.29) is 5.57 Å². The van der Waals surface area contributed by atoms with E-state index in [0.29, 0.717) is 22.6 Å². The first kappa shape index (κ1) is 17.2. The number of benzene rings is 2. The third-order valence-corrected chi connectivity index (χ3v) is 3.86. The zero-order valence-electron chi connectivity index (χ0n) is 14.2. The van der Waals surface area contributed by atoms with Crippen LogP contribution in [-0.4, -0.2) is 32.0 Å². The fraction of sp³-hybridized carbons (Fsp3) is 0.105. The van der Waals surface area contributed by atoms with E-state index in [1.807, 2.05) is 0 Å². The van der Waals surface area contributed by atoms with Crippen molar-refractivity contribution in [2.24, 2.45) is 0 Å². The van der Waals surface area contributed by atoms with Gasteiger partial charge in [-0.2, -0.15) is 0 Å². The number of anilines is 1. The molecular weight excluding hydrogens is 336 g/mol. The second-order valence-electron chi connectivity index (χ2n) is 5.45. The number of nitrogens with zero attached hydrogens (tertiary/aromatic N) is 1. The van der Waals surface area contributed by atoms with Gasteiger partial charge in [0.2, 0.25) is 0 Å². The summed E-state index contributed by atoms with van der Waals surface area (Å²) in [6, 6.07) is 13.1. The standard InChI is InChI=1S/C19H16N2O5/c1-25-15-9-3-12(4-10-15)11-16-17(22)20-21(18(16)23)14-7-5-13(6-8-14)19(24)26-2/h3-11H,1-2H3,(H,20,22)/b16-11+. The van der Waals surface area contributed by atoms with Crippen molar-refractivity contribution in [3.05, 3.63) is 65.2 Å². The molecule has 0 atom stereocenters. The quantitative estimate of drug-likeness (QED) is 0.516. The van der Waals surface area contributed by atoms with Crippen LogP contribution in [-0.2, 0) is 14.3 Å². The summed E-state index contributed by atoms with van der Waals surface area (Å²) < 4.78 is 9.72. The summed E-state index contributed by atoms with van der Waals surface area (Å²) >= 11 is 0. The number of hydrogen-bond acceptors (Lipinski definition) is 5. The number of esters is 1. The Morgan fingerprint density at radius 1 is 1.00 bits per heavy atom. The van der Waals surface area contributed by atoms with Crippen LogP contribution in [0.3, 0.4) is 0 Å². The van der Waals surface area contributed by atoms with Crippen LogP contribution >= 0.6 is 0 Å². The van der Waals surface area contributed by atoms with Crippen molar-refractivity contribution in [2.45, 2.75) is 0 Å². The van der Waals surface area contributed by atoms with Gasteiger partial charge in [0.25, 0.3) is 11.8 Å². The van der Waals surface area contributed by atoms with E-state index in [4.69, 9.17) is 4.74 Å². The van der Waals surface area contributed by atoms with E-state index in [1.165, 1.54) is 25.3 Å². The average molecular weight is 352 g/mol. The third kappa shape index (κ3) is 3.27. The Morgan fingerprint density at radius 3 is 2.23 bits per heavy atom. The molecule has 132 valence electrons. The predicted molar refractivity (Wildman–Crippen MR) is 94.4 cm³/mol. The predicted octanol–water partition coefficient (Wildman–Crippen LogP) is 1.94. The maximum absolute atomic E-state index is 12.6. The number of nitrogens with one attached hydrogen (secondary N) is 1. The zero-order valence-corrected chi connectivity index (χ0v) is 14.2. The molecule has 1 N–H and O–H groups in total. The minimum Gasteiger partial charge on any atom is -0.497 e. The molecule has 2 amide bonds. The summed E-state index contributed by atoms with van der Waals surface area (Å²) in [5.41, 5.74) is 4.02. The molecule has 0 bridgehead atoms. The van der Waals surface area contributed by atoms with Gasteiger partial charge in [0.15, 0.2) is 0 Å². The largest absolute Gasteiger partial charge is 0.497 e. The second-order valence-corrected chi connectivity index (χ2v) is 5.45. The van der Waals surface area contributed by atoms with Crippen LogP contribution in [0.1, 0.15) is 15.9 Å². The summed E-state index contributed by atoms with van der Waals surface area (Å²) in [5, 5.41) is 1.14.